The molecule has 0 radical (unpaired) electrons. The fourth-order valence-electron chi connectivity index (χ4n) is 1.92. The first-order valence-corrected chi connectivity index (χ1v) is 7.38. The molecule has 0 N–H and O–H groups in total. The van der Waals surface area contributed by atoms with Crippen LogP contribution in [-0.2, 0) is 9.84 Å². The first-order valence-electron chi connectivity index (χ1n) is 5.72. The van der Waals surface area contributed by atoms with Crippen molar-refractivity contribution in [2.45, 2.75) is 17.7 Å². The van der Waals surface area contributed by atoms with Crippen LogP contribution in [0.25, 0.3) is 10.8 Å². The average Bonchev–Trinajstić information content (AvgIpc) is 2.38. The molecule has 0 aliphatic rings. The Morgan fingerprint density at radius 2 is 1.78 bits per heavy atom. The summed E-state index contributed by atoms with van der Waals surface area (Å²) in [5, 5.41) is 10.1. The maximum Gasteiger partial charge on any atom is 0.179 e. The molecule has 92 valence electrons. The Hall–Kier alpha value is -1.86. The topological polar surface area (TPSA) is 57.9 Å². The van der Waals surface area contributed by atoms with Gasteiger partial charge in [-0.05, 0) is 17.9 Å². The molecule has 0 amide bonds. The molecule has 3 nitrogen and oxygen atoms in total. The average molecular weight is 259 g/mol. The number of rotatable bonds is 4. The monoisotopic (exact) mass is 259 g/mol. The van der Waals surface area contributed by atoms with Crippen LogP contribution < -0.4 is 0 Å². The number of nitrogens with zero attached hydrogens (tertiary/aromatic N) is 1. The minimum atomic E-state index is -3.31. The molecule has 2 aromatic carbocycles. The molecule has 0 heterocycles. The van der Waals surface area contributed by atoms with Crippen LogP contribution in [0.1, 0.15) is 12.8 Å². The molecule has 18 heavy (non-hydrogen) atoms. The van der Waals surface area contributed by atoms with Gasteiger partial charge in [-0.3, -0.25) is 0 Å². The Labute approximate surface area is 107 Å². The quantitative estimate of drug-likeness (QED) is 0.793. The molecule has 0 bridgehead atoms. The van der Waals surface area contributed by atoms with Crippen molar-refractivity contribution >= 4 is 20.6 Å². The smallest absolute Gasteiger partial charge is 0.179 e. The molecule has 4 heteroatoms. The summed E-state index contributed by atoms with van der Waals surface area (Å²) >= 11 is 0. The first-order chi connectivity index (χ1) is 8.65. The van der Waals surface area contributed by atoms with Crippen LogP contribution in [0.15, 0.2) is 47.4 Å². The Balaban J connectivity index is 2.45. The van der Waals surface area contributed by atoms with Crippen LogP contribution in [-0.4, -0.2) is 14.2 Å². The lowest BCUT2D eigenvalue weighted by Crippen LogP contribution is -2.07. The third-order valence-electron chi connectivity index (χ3n) is 2.79. The van der Waals surface area contributed by atoms with Crippen molar-refractivity contribution in [2.75, 3.05) is 5.75 Å². The zero-order chi connectivity index (χ0) is 13.0. The summed E-state index contributed by atoms with van der Waals surface area (Å²) in [6.07, 6.45) is 0.645. The van der Waals surface area contributed by atoms with Gasteiger partial charge in [0.2, 0.25) is 0 Å². The molecule has 0 atom stereocenters. The SMILES string of the molecule is N#CCCCS(=O)(=O)c1cccc2ccccc12. The highest BCUT2D eigenvalue weighted by molar-refractivity contribution is 7.91. The van der Waals surface area contributed by atoms with Gasteiger partial charge in [-0.15, -0.1) is 0 Å². The number of benzene rings is 2. The van der Waals surface area contributed by atoms with Gasteiger partial charge in [-0.25, -0.2) is 8.42 Å². The second-order valence-electron chi connectivity index (χ2n) is 4.06. The lowest BCUT2D eigenvalue weighted by atomic mass is 10.1. The Morgan fingerprint density at radius 1 is 1.06 bits per heavy atom. The number of sulfone groups is 1. The van der Waals surface area contributed by atoms with Crippen molar-refractivity contribution in [2.24, 2.45) is 0 Å². The van der Waals surface area contributed by atoms with E-state index in [4.69, 9.17) is 5.26 Å². The number of hydrogen-bond acceptors (Lipinski definition) is 3. The van der Waals surface area contributed by atoms with Crippen LogP contribution in [0.5, 0.6) is 0 Å². The van der Waals surface area contributed by atoms with Crippen LogP contribution >= 0.6 is 0 Å². The van der Waals surface area contributed by atoms with Crippen LogP contribution in [0.2, 0.25) is 0 Å². The minimum absolute atomic E-state index is 0.0224. The standard InChI is InChI=1S/C14H13NO2S/c15-10-3-4-11-18(16,17)14-9-5-7-12-6-1-2-8-13(12)14/h1-2,5-9H,3-4,11H2. The highest BCUT2D eigenvalue weighted by Gasteiger charge is 2.16. The van der Waals surface area contributed by atoms with Crippen LogP contribution in [0.4, 0.5) is 0 Å². The predicted molar refractivity (Wildman–Crippen MR) is 70.8 cm³/mol. The molecular weight excluding hydrogens is 246 g/mol. The van der Waals surface area contributed by atoms with E-state index in [0.717, 1.165) is 10.8 Å². The second kappa shape index (κ2) is 5.19. The van der Waals surface area contributed by atoms with E-state index in [9.17, 15) is 8.42 Å². The molecule has 0 saturated heterocycles. The van der Waals surface area contributed by atoms with Gasteiger partial charge in [-0.2, -0.15) is 5.26 Å². The Kier molecular flexibility index (Phi) is 3.63. The summed E-state index contributed by atoms with van der Waals surface area (Å²) in [5.41, 5.74) is 0. The molecule has 0 fully saturated rings. The van der Waals surface area contributed by atoms with Gasteiger partial charge in [-0.1, -0.05) is 36.4 Å². The predicted octanol–water partition coefficient (Wildman–Crippen LogP) is 2.92. The molecule has 2 rings (SSSR count). The summed E-state index contributed by atoms with van der Waals surface area (Å²) in [6, 6.07) is 14.7. The Bertz CT molecular complexity index is 694. The van der Waals surface area contributed by atoms with E-state index in [1.165, 1.54) is 0 Å². The minimum Gasteiger partial charge on any atom is -0.224 e. The zero-order valence-corrected chi connectivity index (χ0v) is 10.7. The molecule has 0 aliphatic heterocycles. The highest BCUT2D eigenvalue weighted by Crippen LogP contribution is 2.24. The van der Waals surface area contributed by atoms with E-state index in [1.54, 1.807) is 12.1 Å². The van der Waals surface area contributed by atoms with Crippen molar-refractivity contribution in [1.29, 1.82) is 5.26 Å². The van der Waals surface area contributed by atoms with Crippen molar-refractivity contribution in [3.63, 3.8) is 0 Å². The molecule has 0 aromatic heterocycles. The van der Waals surface area contributed by atoms with Crippen molar-refractivity contribution in [3.05, 3.63) is 42.5 Å². The summed E-state index contributed by atoms with van der Waals surface area (Å²) < 4.78 is 24.4. The summed E-state index contributed by atoms with van der Waals surface area (Å²) in [4.78, 5) is 0.360. The number of hydrogen-bond donors (Lipinski definition) is 0. The van der Waals surface area contributed by atoms with Gasteiger partial charge in [0, 0.05) is 11.8 Å². The molecular formula is C14H13NO2S. The van der Waals surface area contributed by atoms with Crippen molar-refractivity contribution in [1.82, 2.24) is 0 Å². The van der Waals surface area contributed by atoms with E-state index in [0.29, 0.717) is 11.3 Å². The van der Waals surface area contributed by atoms with Crippen LogP contribution in [0.3, 0.4) is 0 Å². The van der Waals surface area contributed by atoms with E-state index in [2.05, 4.69) is 0 Å². The van der Waals surface area contributed by atoms with Gasteiger partial charge in [0.1, 0.15) is 0 Å². The molecule has 0 spiro atoms. The molecule has 2 aromatic rings. The number of nitriles is 1. The number of fused-ring (bicyclic) bond motifs is 1. The third-order valence-corrected chi connectivity index (χ3v) is 4.64. The third kappa shape index (κ3) is 2.52. The normalized spacial score (nSPS) is 11.3. The Morgan fingerprint density at radius 3 is 2.56 bits per heavy atom. The van der Waals surface area contributed by atoms with E-state index in [1.807, 2.05) is 36.4 Å². The lowest BCUT2D eigenvalue weighted by Gasteiger charge is -2.07. The summed E-state index contributed by atoms with van der Waals surface area (Å²) in [5.74, 6) is 0.0224. The maximum atomic E-state index is 12.2. The highest BCUT2D eigenvalue weighted by atomic mass is 32.2. The zero-order valence-electron chi connectivity index (χ0n) is 9.83. The lowest BCUT2D eigenvalue weighted by molar-refractivity contribution is 0.594. The van der Waals surface area contributed by atoms with Crippen LogP contribution in [0, 0.1) is 11.3 Å². The van der Waals surface area contributed by atoms with Gasteiger partial charge in [0.05, 0.1) is 16.7 Å². The maximum absolute atomic E-state index is 12.2. The van der Waals surface area contributed by atoms with E-state index >= 15 is 0 Å². The number of unbranched alkanes of at least 4 members (excludes halogenated alkanes) is 1. The fourth-order valence-corrected chi connectivity index (χ4v) is 3.47. The molecule has 0 saturated carbocycles. The largest absolute Gasteiger partial charge is 0.224 e. The molecule has 0 aliphatic carbocycles. The second-order valence-corrected chi connectivity index (χ2v) is 6.14. The van der Waals surface area contributed by atoms with Gasteiger partial charge < -0.3 is 0 Å². The van der Waals surface area contributed by atoms with E-state index in [-0.39, 0.29) is 12.2 Å². The summed E-state index contributed by atoms with van der Waals surface area (Å²) in [6.45, 7) is 0. The molecule has 0 unspecified atom stereocenters. The van der Waals surface area contributed by atoms with Crippen molar-refractivity contribution < 1.29 is 8.42 Å². The van der Waals surface area contributed by atoms with Gasteiger partial charge in [0.25, 0.3) is 0 Å². The van der Waals surface area contributed by atoms with Gasteiger partial charge in [0.15, 0.2) is 9.84 Å². The van der Waals surface area contributed by atoms with Gasteiger partial charge >= 0.3 is 0 Å². The van der Waals surface area contributed by atoms with E-state index < -0.39 is 9.84 Å². The fraction of sp³-hybridized carbons (Fsp3) is 0.214. The first kappa shape index (κ1) is 12.6. The summed E-state index contributed by atoms with van der Waals surface area (Å²) in [7, 11) is -3.31. The van der Waals surface area contributed by atoms with Crippen molar-refractivity contribution in [3.8, 4) is 6.07 Å².